The fourth-order valence-electron chi connectivity index (χ4n) is 1.93. The third kappa shape index (κ3) is 6.50. The van der Waals surface area contributed by atoms with Gasteiger partial charge in [-0.25, -0.2) is 0 Å². The number of rotatable bonds is 8. The molecule has 0 heterocycles. The van der Waals surface area contributed by atoms with E-state index in [0.717, 1.165) is 23.7 Å². The zero-order valence-electron chi connectivity index (χ0n) is 11.5. The highest BCUT2D eigenvalue weighted by molar-refractivity contribution is 7.99. The maximum atomic E-state index is 2.36. The minimum absolute atomic E-state index is 0.849. The molecule has 0 aromatic heterocycles. The lowest BCUT2D eigenvalue weighted by Gasteiger charge is -2.22. The maximum absolute atomic E-state index is 2.36. The SMILES string of the molecule is CCC(CSCC(CC)C(C)C)C(C)C. The Labute approximate surface area is 102 Å². The first-order valence-electron chi connectivity index (χ1n) is 6.60. The van der Waals surface area contributed by atoms with Crippen molar-refractivity contribution < 1.29 is 0 Å². The molecule has 0 N–H and O–H groups in total. The van der Waals surface area contributed by atoms with Crippen LogP contribution in [0.25, 0.3) is 0 Å². The molecule has 0 radical (unpaired) electrons. The molecular weight excluding hydrogens is 200 g/mol. The summed E-state index contributed by atoms with van der Waals surface area (Å²) in [6.45, 7) is 14.1. The molecule has 0 aliphatic heterocycles. The van der Waals surface area contributed by atoms with Crippen molar-refractivity contribution in [2.24, 2.45) is 23.7 Å². The van der Waals surface area contributed by atoms with E-state index in [-0.39, 0.29) is 0 Å². The monoisotopic (exact) mass is 230 g/mol. The first kappa shape index (κ1) is 15.3. The van der Waals surface area contributed by atoms with Gasteiger partial charge in [-0.15, -0.1) is 0 Å². The van der Waals surface area contributed by atoms with Gasteiger partial charge in [0.2, 0.25) is 0 Å². The molecule has 0 bridgehead atoms. The fraction of sp³-hybridized carbons (Fsp3) is 1.00. The summed E-state index contributed by atoms with van der Waals surface area (Å²) in [5.74, 6) is 6.25. The van der Waals surface area contributed by atoms with Gasteiger partial charge < -0.3 is 0 Å². The van der Waals surface area contributed by atoms with E-state index in [0.29, 0.717) is 0 Å². The molecule has 15 heavy (non-hydrogen) atoms. The van der Waals surface area contributed by atoms with Gasteiger partial charge in [0, 0.05) is 0 Å². The first-order valence-corrected chi connectivity index (χ1v) is 7.76. The van der Waals surface area contributed by atoms with E-state index in [1.54, 1.807) is 0 Å². The van der Waals surface area contributed by atoms with Gasteiger partial charge in [0.1, 0.15) is 0 Å². The quantitative estimate of drug-likeness (QED) is 0.560. The van der Waals surface area contributed by atoms with E-state index in [1.165, 1.54) is 24.3 Å². The molecule has 0 saturated heterocycles. The standard InChI is InChI=1S/C14H30S/c1-7-13(11(3)4)9-15-10-14(8-2)12(5)6/h11-14H,7-10H2,1-6H3. The molecule has 0 amide bonds. The van der Waals surface area contributed by atoms with Crippen LogP contribution in [0.2, 0.25) is 0 Å². The number of thioether (sulfide) groups is 1. The van der Waals surface area contributed by atoms with Gasteiger partial charge in [-0.1, -0.05) is 54.4 Å². The summed E-state index contributed by atoms with van der Waals surface area (Å²) < 4.78 is 0. The van der Waals surface area contributed by atoms with Gasteiger partial charge in [-0.2, -0.15) is 11.8 Å². The zero-order valence-corrected chi connectivity index (χ0v) is 12.4. The minimum atomic E-state index is 0.849. The lowest BCUT2D eigenvalue weighted by atomic mass is 9.95. The van der Waals surface area contributed by atoms with Gasteiger partial charge >= 0.3 is 0 Å². The number of hydrogen-bond acceptors (Lipinski definition) is 1. The largest absolute Gasteiger partial charge is 0.161 e. The van der Waals surface area contributed by atoms with Gasteiger partial charge in [-0.3, -0.25) is 0 Å². The molecule has 0 aromatic rings. The predicted octanol–water partition coefficient (Wildman–Crippen LogP) is 5.08. The first-order chi connectivity index (χ1) is 7.02. The predicted molar refractivity (Wildman–Crippen MR) is 74.6 cm³/mol. The van der Waals surface area contributed by atoms with E-state index >= 15 is 0 Å². The lowest BCUT2D eigenvalue weighted by Crippen LogP contribution is -2.14. The van der Waals surface area contributed by atoms with Gasteiger partial charge in [0.25, 0.3) is 0 Å². The van der Waals surface area contributed by atoms with E-state index in [1.807, 2.05) is 0 Å². The lowest BCUT2D eigenvalue weighted by molar-refractivity contribution is 0.405. The van der Waals surface area contributed by atoms with Gasteiger partial charge in [-0.05, 0) is 35.2 Å². The van der Waals surface area contributed by atoms with E-state index < -0.39 is 0 Å². The van der Waals surface area contributed by atoms with Crippen molar-refractivity contribution >= 4 is 11.8 Å². The molecule has 0 aliphatic rings. The van der Waals surface area contributed by atoms with Gasteiger partial charge in [0.05, 0.1) is 0 Å². The Balaban J connectivity index is 3.75. The highest BCUT2D eigenvalue weighted by Crippen LogP contribution is 2.25. The molecule has 0 fully saturated rings. The van der Waals surface area contributed by atoms with E-state index in [2.05, 4.69) is 53.3 Å². The van der Waals surface area contributed by atoms with Crippen molar-refractivity contribution in [1.82, 2.24) is 0 Å². The van der Waals surface area contributed by atoms with Crippen LogP contribution in [0, 0.1) is 23.7 Å². The molecule has 0 aromatic carbocycles. The van der Waals surface area contributed by atoms with E-state index in [9.17, 15) is 0 Å². The summed E-state index contributed by atoms with van der Waals surface area (Å²) in [5.41, 5.74) is 0. The van der Waals surface area contributed by atoms with Crippen LogP contribution in [0.1, 0.15) is 54.4 Å². The molecule has 0 rings (SSSR count). The number of hydrogen-bond donors (Lipinski definition) is 0. The topological polar surface area (TPSA) is 0 Å². The second-order valence-corrected chi connectivity index (χ2v) is 6.44. The Bertz CT molecular complexity index is 124. The Morgan fingerprint density at radius 2 is 1.07 bits per heavy atom. The molecule has 0 saturated carbocycles. The third-order valence-corrected chi connectivity index (χ3v) is 4.93. The molecule has 2 atom stereocenters. The smallest absolute Gasteiger partial charge is 0.00367 e. The van der Waals surface area contributed by atoms with Crippen molar-refractivity contribution in [3.05, 3.63) is 0 Å². The van der Waals surface area contributed by atoms with Crippen molar-refractivity contribution in [2.45, 2.75) is 54.4 Å². The van der Waals surface area contributed by atoms with Crippen LogP contribution in [-0.2, 0) is 0 Å². The summed E-state index contributed by atoms with van der Waals surface area (Å²) in [5, 5.41) is 0. The Kier molecular flexibility index (Phi) is 8.69. The van der Waals surface area contributed by atoms with E-state index in [4.69, 9.17) is 0 Å². The summed E-state index contributed by atoms with van der Waals surface area (Å²) in [7, 11) is 0. The van der Waals surface area contributed by atoms with Crippen LogP contribution < -0.4 is 0 Å². The second kappa shape index (κ2) is 8.50. The Hall–Kier alpha value is 0.350. The Morgan fingerprint density at radius 3 is 1.27 bits per heavy atom. The summed E-state index contributed by atoms with van der Waals surface area (Å²) in [6, 6.07) is 0. The van der Waals surface area contributed by atoms with Crippen molar-refractivity contribution in [2.75, 3.05) is 11.5 Å². The molecular formula is C14H30S. The average molecular weight is 230 g/mol. The van der Waals surface area contributed by atoms with Crippen LogP contribution in [0.5, 0.6) is 0 Å². The molecule has 0 aliphatic carbocycles. The Morgan fingerprint density at radius 1 is 0.733 bits per heavy atom. The van der Waals surface area contributed by atoms with Crippen LogP contribution in [0.4, 0.5) is 0 Å². The van der Waals surface area contributed by atoms with Crippen LogP contribution >= 0.6 is 11.8 Å². The molecule has 0 nitrogen and oxygen atoms in total. The molecule has 0 spiro atoms. The normalized spacial score (nSPS) is 16.0. The molecule has 92 valence electrons. The van der Waals surface area contributed by atoms with Crippen molar-refractivity contribution in [3.8, 4) is 0 Å². The molecule has 1 heteroatoms. The highest BCUT2D eigenvalue weighted by Gasteiger charge is 2.14. The van der Waals surface area contributed by atoms with Crippen LogP contribution in [0.15, 0.2) is 0 Å². The highest BCUT2D eigenvalue weighted by atomic mass is 32.2. The van der Waals surface area contributed by atoms with Crippen molar-refractivity contribution in [1.29, 1.82) is 0 Å². The summed E-state index contributed by atoms with van der Waals surface area (Å²) in [4.78, 5) is 0. The minimum Gasteiger partial charge on any atom is -0.161 e. The van der Waals surface area contributed by atoms with Gasteiger partial charge in [0.15, 0.2) is 0 Å². The zero-order chi connectivity index (χ0) is 11.8. The second-order valence-electron chi connectivity index (χ2n) is 5.36. The summed E-state index contributed by atoms with van der Waals surface area (Å²) >= 11 is 2.18. The van der Waals surface area contributed by atoms with Crippen LogP contribution in [-0.4, -0.2) is 11.5 Å². The third-order valence-electron chi connectivity index (χ3n) is 3.60. The average Bonchev–Trinajstić information content (AvgIpc) is 2.17. The fourth-order valence-corrected chi connectivity index (χ4v) is 3.92. The van der Waals surface area contributed by atoms with Crippen LogP contribution in [0.3, 0.4) is 0 Å². The maximum Gasteiger partial charge on any atom is -0.00367 e. The van der Waals surface area contributed by atoms with Crippen molar-refractivity contribution in [3.63, 3.8) is 0 Å². The molecule has 2 unspecified atom stereocenters. The summed E-state index contributed by atoms with van der Waals surface area (Å²) in [6.07, 6.45) is 2.67.